The van der Waals surface area contributed by atoms with Gasteiger partial charge in [-0.05, 0) is 6.42 Å². The number of hydrazine groups is 2. The minimum Gasteiger partial charge on any atom is -0.318 e. The molecule has 0 radical (unpaired) electrons. The second-order valence-electron chi connectivity index (χ2n) is 3.70. The van der Waals surface area contributed by atoms with Crippen LogP contribution in [0.5, 0.6) is 0 Å². The van der Waals surface area contributed by atoms with Crippen LogP contribution in [0, 0.1) is 0 Å². The van der Waals surface area contributed by atoms with Gasteiger partial charge in [0, 0.05) is 26.2 Å². The molecule has 1 saturated carbocycles. The Bertz CT molecular complexity index is 231. The highest BCUT2D eigenvalue weighted by molar-refractivity contribution is 5.74. The smallest absolute Gasteiger partial charge is 0.318 e. The summed E-state index contributed by atoms with van der Waals surface area (Å²) in [5, 5.41) is 2.94. The Kier molecular flexibility index (Phi) is 1.90. The average Bonchev–Trinajstić information content (AvgIpc) is 2.84. The summed E-state index contributed by atoms with van der Waals surface area (Å²) in [7, 11) is 1.56. The number of hydrogen-bond donors (Lipinski definition) is 2. The van der Waals surface area contributed by atoms with Gasteiger partial charge in [-0.3, -0.25) is 10.9 Å². The van der Waals surface area contributed by atoms with E-state index in [1.165, 1.54) is 0 Å². The van der Waals surface area contributed by atoms with Crippen molar-refractivity contribution in [1.82, 2.24) is 14.9 Å². The lowest BCUT2D eigenvalue weighted by atomic mass is 10.4. The van der Waals surface area contributed by atoms with Crippen molar-refractivity contribution in [3.05, 3.63) is 0 Å². The summed E-state index contributed by atoms with van der Waals surface area (Å²) in [6.45, 7) is 1.42. The highest BCUT2D eigenvalue weighted by atomic mass is 16.2. The van der Waals surface area contributed by atoms with Crippen molar-refractivity contribution in [3.8, 4) is 0 Å². The van der Waals surface area contributed by atoms with Crippen LogP contribution in [0.25, 0.3) is 0 Å². The van der Waals surface area contributed by atoms with E-state index in [0.717, 1.165) is 18.0 Å². The predicted molar refractivity (Wildman–Crippen MR) is 47.1 cm³/mol. The standard InChI is InChI=1S/C7H15N5O/c1-10(8)7(13)11-2-3-12(9)6-4-5(6)11/h5-6H,2-4,8-9H2,1H3. The molecule has 13 heavy (non-hydrogen) atoms. The number of amides is 2. The third-order valence-electron chi connectivity index (χ3n) is 2.70. The number of nitrogens with zero attached hydrogens (tertiary/aromatic N) is 3. The fourth-order valence-electron chi connectivity index (χ4n) is 1.86. The van der Waals surface area contributed by atoms with E-state index >= 15 is 0 Å². The van der Waals surface area contributed by atoms with E-state index in [1.807, 2.05) is 5.01 Å². The summed E-state index contributed by atoms with van der Waals surface area (Å²) in [6.07, 6.45) is 0.982. The quantitative estimate of drug-likeness (QED) is 0.275. The molecule has 0 spiro atoms. The van der Waals surface area contributed by atoms with Gasteiger partial charge in [0.05, 0.1) is 6.04 Å². The van der Waals surface area contributed by atoms with Crippen molar-refractivity contribution in [1.29, 1.82) is 0 Å². The Morgan fingerprint density at radius 1 is 1.46 bits per heavy atom. The van der Waals surface area contributed by atoms with Gasteiger partial charge in [-0.25, -0.2) is 15.6 Å². The third-order valence-corrected chi connectivity index (χ3v) is 2.70. The van der Waals surface area contributed by atoms with Crippen LogP contribution in [0.3, 0.4) is 0 Å². The summed E-state index contributed by atoms with van der Waals surface area (Å²) in [4.78, 5) is 13.3. The highest BCUT2D eigenvalue weighted by Gasteiger charge is 2.50. The van der Waals surface area contributed by atoms with Gasteiger partial charge in [-0.1, -0.05) is 0 Å². The molecule has 74 valence electrons. The molecule has 0 aromatic carbocycles. The molecular formula is C7H15N5O. The second-order valence-corrected chi connectivity index (χ2v) is 3.70. The van der Waals surface area contributed by atoms with Crippen LogP contribution >= 0.6 is 0 Å². The molecule has 2 aliphatic rings. The molecule has 2 atom stereocenters. The summed E-state index contributed by atoms with van der Waals surface area (Å²) in [5.74, 6) is 11.1. The van der Waals surface area contributed by atoms with Crippen LogP contribution in [0.15, 0.2) is 0 Å². The molecule has 1 aliphatic heterocycles. The summed E-state index contributed by atoms with van der Waals surface area (Å²) < 4.78 is 0. The van der Waals surface area contributed by atoms with Gasteiger partial charge >= 0.3 is 6.03 Å². The van der Waals surface area contributed by atoms with E-state index in [-0.39, 0.29) is 12.1 Å². The van der Waals surface area contributed by atoms with Crippen molar-refractivity contribution in [2.75, 3.05) is 20.1 Å². The fraction of sp³-hybridized carbons (Fsp3) is 0.857. The number of carbonyl (C=O) groups is 1. The largest absolute Gasteiger partial charge is 0.334 e. The van der Waals surface area contributed by atoms with Crippen LogP contribution in [0.1, 0.15) is 6.42 Å². The molecule has 0 aromatic rings. The van der Waals surface area contributed by atoms with Gasteiger partial charge in [0.25, 0.3) is 0 Å². The molecule has 2 rings (SSSR count). The van der Waals surface area contributed by atoms with Crippen LogP contribution in [-0.2, 0) is 0 Å². The Morgan fingerprint density at radius 2 is 2.15 bits per heavy atom. The maximum absolute atomic E-state index is 11.5. The molecule has 6 heteroatoms. The van der Waals surface area contributed by atoms with E-state index in [2.05, 4.69) is 0 Å². The lowest BCUT2D eigenvalue weighted by Crippen LogP contribution is -2.55. The zero-order valence-electron chi connectivity index (χ0n) is 7.68. The number of piperazine rings is 1. The Hall–Kier alpha value is -0.850. The normalized spacial score (nSPS) is 32.7. The molecular weight excluding hydrogens is 170 g/mol. The van der Waals surface area contributed by atoms with Crippen molar-refractivity contribution in [3.63, 3.8) is 0 Å². The van der Waals surface area contributed by atoms with Gasteiger partial charge < -0.3 is 4.90 Å². The zero-order valence-corrected chi connectivity index (χ0v) is 7.68. The number of carbonyl (C=O) groups excluding carboxylic acids is 1. The summed E-state index contributed by atoms with van der Waals surface area (Å²) in [5.41, 5.74) is 0. The maximum atomic E-state index is 11.5. The van der Waals surface area contributed by atoms with Gasteiger partial charge in [0.2, 0.25) is 0 Å². The van der Waals surface area contributed by atoms with Crippen molar-refractivity contribution in [2.45, 2.75) is 18.5 Å². The number of rotatable bonds is 0. The SMILES string of the molecule is CN(N)C(=O)N1CCN(N)C2CC21. The maximum Gasteiger partial charge on any atom is 0.334 e. The number of fused-ring (bicyclic) bond motifs is 1. The first-order valence-electron chi connectivity index (χ1n) is 4.41. The molecule has 2 unspecified atom stereocenters. The molecule has 2 amide bonds. The second kappa shape index (κ2) is 2.83. The number of nitrogens with two attached hydrogens (primary N) is 2. The first kappa shape index (κ1) is 8.74. The number of urea groups is 1. The van der Waals surface area contributed by atoms with Crippen LogP contribution in [-0.4, -0.2) is 53.2 Å². The van der Waals surface area contributed by atoms with E-state index in [0.29, 0.717) is 12.6 Å². The first-order chi connectivity index (χ1) is 6.11. The van der Waals surface area contributed by atoms with E-state index < -0.39 is 0 Å². The number of hydrogen-bond acceptors (Lipinski definition) is 4. The molecule has 1 heterocycles. The minimum atomic E-state index is -0.111. The van der Waals surface area contributed by atoms with Gasteiger partial charge in [-0.2, -0.15) is 0 Å². The van der Waals surface area contributed by atoms with Crippen molar-refractivity contribution < 1.29 is 4.79 Å². The van der Waals surface area contributed by atoms with Crippen molar-refractivity contribution >= 4 is 6.03 Å². The zero-order chi connectivity index (χ0) is 9.59. The van der Waals surface area contributed by atoms with Gasteiger partial charge in [0.1, 0.15) is 0 Å². The highest BCUT2D eigenvalue weighted by Crippen LogP contribution is 2.34. The van der Waals surface area contributed by atoms with Crippen LogP contribution < -0.4 is 11.7 Å². The van der Waals surface area contributed by atoms with Gasteiger partial charge in [0.15, 0.2) is 0 Å². The topological polar surface area (TPSA) is 78.8 Å². The fourth-order valence-corrected chi connectivity index (χ4v) is 1.86. The molecule has 1 aliphatic carbocycles. The van der Waals surface area contributed by atoms with E-state index in [9.17, 15) is 4.79 Å². The summed E-state index contributed by atoms with van der Waals surface area (Å²) >= 11 is 0. The van der Waals surface area contributed by atoms with E-state index in [1.54, 1.807) is 11.9 Å². The van der Waals surface area contributed by atoms with Gasteiger partial charge in [-0.15, -0.1) is 0 Å². The van der Waals surface area contributed by atoms with Crippen molar-refractivity contribution in [2.24, 2.45) is 11.7 Å². The predicted octanol–water partition coefficient (Wildman–Crippen LogP) is -1.46. The molecule has 0 bridgehead atoms. The summed E-state index contributed by atoms with van der Waals surface area (Å²) in [6, 6.07) is 0.537. The lowest BCUT2D eigenvalue weighted by molar-refractivity contribution is 0.117. The Balaban J connectivity index is 1.99. The first-order valence-corrected chi connectivity index (χ1v) is 4.41. The Morgan fingerprint density at radius 3 is 2.77 bits per heavy atom. The lowest BCUT2D eigenvalue weighted by Gasteiger charge is -2.32. The Labute approximate surface area is 77.0 Å². The average molecular weight is 185 g/mol. The minimum absolute atomic E-state index is 0.111. The van der Waals surface area contributed by atoms with Crippen LogP contribution in [0.2, 0.25) is 0 Å². The molecule has 0 aromatic heterocycles. The molecule has 1 saturated heterocycles. The molecule has 6 nitrogen and oxygen atoms in total. The van der Waals surface area contributed by atoms with Crippen LogP contribution in [0.4, 0.5) is 4.79 Å². The molecule has 4 N–H and O–H groups in total. The third kappa shape index (κ3) is 1.37. The monoisotopic (exact) mass is 185 g/mol. The van der Waals surface area contributed by atoms with E-state index in [4.69, 9.17) is 11.7 Å². The molecule has 2 fully saturated rings.